The molecule has 0 fully saturated rings. The summed E-state index contributed by atoms with van der Waals surface area (Å²) in [7, 11) is 0. The quantitative estimate of drug-likeness (QED) is 0.188. The maximum Gasteiger partial charge on any atom is 0.0450 e. The second-order valence-electron chi connectivity index (χ2n) is 13.6. The normalized spacial score (nSPS) is 18.1. The second kappa shape index (κ2) is 14.6. The first kappa shape index (κ1) is 31.4. The highest BCUT2D eigenvalue weighted by molar-refractivity contribution is 5.82. The molecule has 0 atom stereocenters. The van der Waals surface area contributed by atoms with E-state index in [1.54, 1.807) is 5.57 Å². The summed E-state index contributed by atoms with van der Waals surface area (Å²) >= 11 is 0. The molecular formula is C40H57N. The fourth-order valence-electron chi connectivity index (χ4n) is 7.29. The van der Waals surface area contributed by atoms with Crippen LogP contribution in [0, 0.1) is 0 Å². The molecule has 0 amide bonds. The molecule has 222 valence electrons. The number of anilines is 1. The van der Waals surface area contributed by atoms with E-state index in [1.165, 1.54) is 117 Å². The molecule has 2 aliphatic rings. The SMILES string of the molecule is CCCCCCCCC1=C(C=CC=C2N(CCCCCCCC)c3ccccc3C2(C)C)C(C)(C)c2ccccc21. The van der Waals surface area contributed by atoms with Crippen LogP contribution in [0.5, 0.6) is 0 Å². The molecule has 2 aromatic carbocycles. The van der Waals surface area contributed by atoms with Gasteiger partial charge in [0.1, 0.15) is 0 Å². The van der Waals surface area contributed by atoms with Crippen LogP contribution in [0.3, 0.4) is 0 Å². The number of fused-ring (bicyclic) bond motifs is 2. The summed E-state index contributed by atoms with van der Waals surface area (Å²) < 4.78 is 0. The molecule has 0 radical (unpaired) electrons. The van der Waals surface area contributed by atoms with Gasteiger partial charge < -0.3 is 4.90 Å². The van der Waals surface area contributed by atoms with Crippen LogP contribution in [-0.2, 0) is 10.8 Å². The number of rotatable bonds is 16. The number of allylic oxidation sites excluding steroid dienone is 6. The molecule has 0 aromatic heterocycles. The van der Waals surface area contributed by atoms with Crippen LogP contribution in [0.25, 0.3) is 5.57 Å². The molecule has 4 rings (SSSR count). The van der Waals surface area contributed by atoms with Crippen LogP contribution in [0.4, 0.5) is 5.69 Å². The van der Waals surface area contributed by atoms with Crippen molar-refractivity contribution in [2.75, 3.05) is 11.4 Å². The third-order valence-electron chi connectivity index (χ3n) is 9.76. The van der Waals surface area contributed by atoms with Crippen LogP contribution in [0.15, 0.2) is 78.0 Å². The van der Waals surface area contributed by atoms with E-state index in [4.69, 9.17) is 0 Å². The van der Waals surface area contributed by atoms with Gasteiger partial charge in [-0.25, -0.2) is 0 Å². The summed E-state index contributed by atoms with van der Waals surface area (Å²) in [6.45, 7) is 15.4. The molecule has 1 aliphatic carbocycles. The first-order valence-corrected chi connectivity index (χ1v) is 16.9. The smallest absolute Gasteiger partial charge is 0.0450 e. The highest BCUT2D eigenvalue weighted by Gasteiger charge is 2.39. The topological polar surface area (TPSA) is 3.24 Å². The monoisotopic (exact) mass is 551 g/mol. The van der Waals surface area contributed by atoms with E-state index in [0.29, 0.717) is 0 Å². The van der Waals surface area contributed by atoms with Gasteiger partial charge in [-0.15, -0.1) is 0 Å². The van der Waals surface area contributed by atoms with Gasteiger partial charge in [0.2, 0.25) is 0 Å². The molecule has 2 aromatic rings. The van der Waals surface area contributed by atoms with Crippen LogP contribution in [0.2, 0.25) is 0 Å². The lowest BCUT2D eigenvalue weighted by Crippen LogP contribution is -2.27. The maximum absolute atomic E-state index is 2.62. The van der Waals surface area contributed by atoms with E-state index < -0.39 is 0 Å². The average molecular weight is 552 g/mol. The minimum Gasteiger partial charge on any atom is -0.344 e. The van der Waals surface area contributed by atoms with Crippen LogP contribution >= 0.6 is 0 Å². The lowest BCUT2D eigenvalue weighted by molar-refractivity contribution is 0.591. The number of hydrogen-bond acceptors (Lipinski definition) is 1. The van der Waals surface area contributed by atoms with Gasteiger partial charge in [-0.1, -0.05) is 160 Å². The summed E-state index contributed by atoms with van der Waals surface area (Å²) in [5, 5.41) is 0. The third-order valence-corrected chi connectivity index (χ3v) is 9.76. The molecule has 0 spiro atoms. The Balaban J connectivity index is 1.58. The molecule has 1 nitrogen and oxygen atoms in total. The van der Waals surface area contributed by atoms with Gasteiger partial charge in [-0.3, -0.25) is 0 Å². The van der Waals surface area contributed by atoms with Crippen LogP contribution < -0.4 is 4.90 Å². The lowest BCUT2D eigenvalue weighted by Gasteiger charge is -2.27. The molecular weight excluding hydrogens is 494 g/mol. The summed E-state index contributed by atoms with van der Waals surface area (Å²) in [4.78, 5) is 2.62. The van der Waals surface area contributed by atoms with Gasteiger partial charge in [0.15, 0.2) is 0 Å². The van der Waals surface area contributed by atoms with Gasteiger partial charge in [0.05, 0.1) is 0 Å². The van der Waals surface area contributed by atoms with E-state index in [1.807, 2.05) is 0 Å². The minimum atomic E-state index is 0.00695. The zero-order valence-corrected chi connectivity index (χ0v) is 27.2. The zero-order valence-electron chi connectivity index (χ0n) is 27.2. The van der Waals surface area contributed by atoms with Crippen molar-refractivity contribution in [2.45, 2.75) is 136 Å². The van der Waals surface area contributed by atoms with Crippen molar-refractivity contribution in [1.82, 2.24) is 0 Å². The van der Waals surface area contributed by atoms with Gasteiger partial charge in [0, 0.05) is 28.8 Å². The third kappa shape index (κ3) is 7.10. The molecule has 1 heteroatoms. The first-order chi connectivity index (χ1) is 19.8. The van der Waals surface area contributed by atoms with Gasteiger partial charge in [-0.05, 0) is 59.2 Å². The largest absolute Gasteiger partial charge is 0.344 e. The number of benzene rings is 2. The fraction of sp³-hybridized carbons (Fsp3) is 0.550. The summed E-state index contributed by atoms with van der Waals surface area (Å²) in [6.07, 6.45) is 24.5. The van der Waals surface area contributed by atoms with E-state index >= 15 is 0 Å². The van der Waals surface area contributed by atoms with Crippen molar-refractivity contribution in [3.63, 3.8) is 0 Å². The van der Waals surface area contributed by atoms with E-state index in [9.17, 15) is 0 Å². The second-order valence-corrected chi connectivity index (χ2v) is 13.6. The predicted molar refractivity (Wildman–Crippen MR) is 182 cm³/mol. The van der Waals surface area contributed by atoms with Gasteiger partial charge in [0.25, 0.3) is 0 Å². The number of unbranched alkanes of at least 4 members (excludes halogenated alkanes) is 10. The predicted octanol–water partition coefficient (Wildman–Crippen LogP) is 12.1. The van der Waals surface area contributed by atoms with Gasteiger partial charge >= 0.3 is 0 Å². The molecule has 0 unspecified atom stereocenters. The molecule has 1 aliphatic heterocycles. The molecule has 0 bridgehead atoms. The van der Waals surface area contributed by atoms with Crippen molar-refractivity contribution in [3.05, 3.63) is 94.7 Å². The fourth-order valence-corrected chi connectivity index (χ4v) is 7.29. The number of para-hydroxylation sites is 1. The highest BCUT2D eigenvalue weighted by atomic mass is 15.2. The van der Waals surface area contributed by atoms with Crippen molar-refractivity contribution < 1.29 is 0 Å². The zero-order chi connectivity index (χ0) is 29.3. The van der Waals surface area contributed by atoms with E-state index in [0.717, 1.165) is 6.54 Å². The van der Waals surface area contributed by atoms with Gasteiger partial charge in [-0.2, -0.15) is 0 Å². The summed E-state index contributed by atoms with van der Waals surface area (Å²) in [5.74, 6) is 0. The molecule has 0 saturated carbocycles. The molecule has 1 heterocycles. The Morgan fingerprint density at radius 3 is 1.93 bits per heavy atom. The van der Waals surface area contributed by atoms with Crippen molar-refractivity contribution in [1.29, 1.82) is 0 Å². The first-order valence-electron chi connectivity index (χ1n) is 16.9. The van der Waals surface area contributed by atoms with Crippen molar-refractivity contribution in [2.24, 2.45) is 0 Å². The Morgan fingerprint density at radius 2 is 1.22 bits per heavy atom. The Morgan fingerprint density at radius 1 is 0.634 bits per heavy atom. The Hall–Kier alpha value is -2.54. The van der Waals surface area contributed by atoms with Crippen LogP contribution in [-0.4, -0.2) is 6.54 Å². The Kier molecular flexibility index (Phi) is 11.2. The number of hydrogen-bond donors (Lipinski definition) is 0. The summed E-state index contributed by atoms with van der Waals surface area (Å²) in [5.41, 5.74) is 10.4. The van der Waals surface area contributed by atoms with Crippen molar-refractivity contribution >= 4 is 11.3 Å². The minimum absolute atomic E-state index is 0.00695. The van der Waals surface area contributed by atoms with Crippen LogP contribution in [0.1, 0.15) is 142 Å². The van der Waals surface area contributed by atoms with Crippen molar-refractivity contribution in [3.8, 4) is 0 Å². The van der Waals surface area contributed by atoms with E-state index in [-0.39, 0.29) is 10.8 Å². The average Bonchev–Trinajstić information content (AvgIpc) is 3.31. The highest BCUT2D eigenvalue weighted by Crippen LogP contribution is 2.50. The molecule has 41 heavy (non-hydrogen) atoms. The number of nitrogens with zero attached hydrogens (tertiary/aromatic N) is 1. The Bertz CT molecular complexity index is 1220. The lowest BCUT2D eigenvalue weighted by atomic mass is 9.80. The van der Waals surface area contributed by atoms with E-state index in [2.05, 4.69) is 113 Å². The Labute approximate surface area is 252 Å². The molecule has 0 saturated heterocycles. The maximum atomic E-state index is 2.62. The molecule has 0 N–H and O–H groups in total. The summed E-state index contributed by atoms with van der Waals surface area (Å²) in [6, 6.07) is 18.2. The standard InChI is InChI=1S/C40H57N/c1-7-9-11-13-15-17-24-32-33-25-18-19-26-34(33)39(3,4)35(32)28-23-30-38-40(5,6)36-27-20-21-29-37(36)41(38)31-22-16-14-12-10-8-2/h18-21,23,25-30H,7-17,22,24,31H2,1-6H3.